The Kier molecular flexibility index (Phi) is 5.95. The molecule has 0 saturated carbocycles. The summed E-state index contributed by atoms with van der Waals surface area (Å²) in [5, 5.41) is 4.39. The Morgan fingerprint density at radius 2 is 1.57 bits per heavy atom. The predicted octanol–water partition coefficient (Wildman–Crippen LogP) is 3.73. The summed E-state index contributed by atoms with van der Waals surface area (Å²) >= 11 is 0. The maximum atomic E-state index is 12.9. The van der Waals surface area contributed by atoms with E-state index < -0.39 is 0 Å². The molecule has 5 nitrogen and oxygen atoms in total. The van der Waals surface area contributed by atoms with Crippen molar-refractivity contribution in [2.45, 2.75) is 20.0 Å². The highest BCUT2D eigenvalue weighted by atomic mass is 16.2. The summed E-state index contributed by atoms with van der Waals surface area (Å²) < 4.78 is 1.81. The van der Waals surface area contributed by atoms with Crippen LogP contribution in [0.25, 0.3) is 11.1 Å². The van der Waals surface area contributed by atoms with E-state index >= 15 is 0 Å². The van der Waals surface area contributed by atoms with Crippen LogP contribution in [0, 0.1) is 6.92 Å². The predicted molar refractivity (Wildman–Crippen MR) is 113 cm³/mol. The van der Waals surface area contributed by atoms with E-state index in [9.17, 15) is 4.79 Å². The van der Waals surface area contributed by atoms with E-state index in [1.54, 1.807) is 4.90 Å². The van der Waals surface area contributed by atoms with Crippen molar-refractivity contribution >= 4 is 5.91 Å². The number of nitrogens with zero attached hydrogens (tertiary/aromatic N) is 4. The van der Waals surface area contributed by atoms with Crippen LogP contribution in [0.3, 0.4) is 0 Å². The SMILES string of the molecule is Cc1nn(C)cc1-c1ccc(C(=O)N(C)Cc2ccccc2CN(C)C)cc1. The molecule has 0 fully saturated rings. The summed E-state index contributed by atoms with van der Waals surface area (Å²) in [7, 11) is 7.87. The van der Waals surface area contributed by atoms with Crippen LogP contribution < -0.4 is 0 Å². The first kappa shape index (κ1) is 19.8. The van der Waals surface area contributed by atoms with Gasteiger partial charge in [0.15, 0.2) is 0 Å². The first-order valence-electron chi connectivity index (χ1n) is 9.43. The van der Waals surface area contributed by atoms with Gasteiger partial charge in [-0.25, -0.2) is 0 Å². The molecule has 5 heteroatoms. The molecule has 0 aliphatic rings. The molecule has 2 aromatic carbocycles. The second-order valence-corrected chi connectivity index (χ2v) is 7.55. The highest BCUT2D eigenvalue weighted by molar-refractivity contribution is 5.94. The Morgan fingerprint density at radius 3 is 2.11 bits per heavy atom. The molecule has 0 radical (unpaired) electrons. The van der Waals surface area contributed by atoms with Crippen molar-refractivity contribution in [3.05, 3.63) is 77.1 Å². The molecule has 146 valence electrons. The molecular weight excluding hydrogens is 348 g/mol. The molecule has 0 N–H and O–H groups in total. The van der Waals surface area contributed by atoms with Crippen molar-refractivity contribution < 1.29 is 4.79 Å². The molecule has 1 aromatic heterocycles. The molecule has 0 spiro atoms. The number of benzene rings is 2. The molecule has 3 rings (SSSR count). The summed E-state index contributed by atoms with van der Waals surface area (Å²) in [5.41, 5.74) is 6.26. The van der Waals surface area contributed by atoms with Crippen LogP contribution in [0.1, 0.15) is 27.2 Å². The second-order valence-electron chi connectivity index (χ2n) is 7.55. The van der Waals surface area contributed by atoms with Gasteiger partial charge in [-0.2, -0.15) is 5.10 Å². The van der Waals surface area contributed by atoms with Crippen LogP contribution in [0.2, 0.25) is 0 Å². The minimum Gasteiger partial charge on any atom is -0.337 e. The number of hydrogen-bond donors (Lipinski definition) is 0. The largest absolute Gasteiger partial charge is 0.337 e. The molecule has 0 unspecified atom stereocenters. The topological polar surface area (TPSA) is 41.4 Å². The van der Waals surface area contributed by atoms with Crippen LogP contribution in [-0.4, -0.2) is 46.6 Å². The fraction of sp³-hybridized carbons (Fsp3) is 0.304. The monoisotopic (exact) mass is 376 g/mol. The van der Waals surface area contributed by atoms with Gasteiger partial charge in [-0.3, -0.25) is 9.48 Å². The van der Waals surface area contributed by atoms with Gasteiger partial charge in [0.25, 0.3) is 5.91 Å². The lowest BCUT2D eigenvalue weighted by Gasteiger charge is -2.21. The maximum absolute atomic E-state index is 12.9. The van der Waals surface area contributed by atoms with Crippen molar-refractivity contribution in [1.82, 2.24) is 19.6 Å². The Labute approximate surface area is 167 Å². The highest BCUT2D eigenvalue weighted by Gasteiger charge is 2.15. The lowest BCUT2D eigenvalue weighted by molar-refractivity contribution is 0.0784. The van der Waals surface area contributed by atoms with Gasteiger partial charge < -0.3 is 9.80 Å². The van der Waals surface area contributed by atoms with E-state index in [1.165, 1.54) is 11.1 Å². The first-order valence-corrected chi connectivity index (χ1v) is 9.43. The minimum atomic E-state index is 0.0223. The maximum Gasteiger partial charge on any atom is 0.253 e. The second kappa shape index (κ2) is 8.40. The summed E-state index contributed by atoms with van der Waals surface area (Å²) in [6.07, 6.45) is 2.00. The summed E-state index contributed by atoms with van der Waals surface area (Å²) in [5.74, 6) is 0.0223. The number of aryl methyl sites for hydroxylation is 2. The normalized spacial score (nSPS) is 11.1. The van der Waals surface area contributed by atoms with Crippen LogP contribution in [-0.2, 0) is 20.1 Å². The molecule has 0 saturated heterocycles. The smallest absolute Gasteiger partial charge is 0.253 e. The van der Waals surface area contributed by atoms with Crippen LogP contribution in [0.15, 0.2) is 54.7 Å². The fourth-order valence-corrected chi connectivity index (χ4v) is 3.43. The van der Waals surface area contributed by atoms with Gasteiger partial charge in [-0.05, 0) is 49.8 Å². The van der Waals surface area contributed by atoms with Gasteiger partial charge in [-0.1, -0.05) is 36.4 Å². The summed E-state index contributed by atoms with van der Waals surface area (Å²) in [4.78, 5) is 16.8. The number of rotatable bonds is 6. The molecule has 0 aliphatic heterocycles. The third-order valence-electron chi connectivity index (χ3n) is 4.82. The Balaban J connectivity index is 1.74. The molecule has 0 bridgehead atoms. The molecule has 0 aliphatic carbocycles. The average molecular weight is 377 g/mol. The van der Waals surface area contributed by atoms with Crippen molar-refractivity contribution in [3.8, 4) is 11.1 Å². The van der Waals surface area contributed by atoms with E-state index in [1.807, 2.05) is 68.3 Å². The minimum absolute atomic E-state index is 0.0223. The molecule has 28 heavy (non-hydrogen) atoms. The molecule has 0 atom stereocenters. The van der Waals surface area contributed by atoms with Gasteiger partial charge in [0, 0.05) is 44.5 Å². The Bertz CT molecular complexity index is 957. The lowest BCUT2D eigenvalue weighted by atomic mass is 10.0. The third kappa shape index (κ3) is 4.49. The van der Waals surface area contributed by atoms with E-state index in [0.29, 0.717) is 12.1 Å². The first-order chi connectivity index (χ1) is 13.3. The zero-order valence-electron chi connectivity index (χ0n) is 17.3. The Hall–Kier alpha value is -2.92. The van der Waals surface area contributed by atoms with E-state index in [2.05, 4.69) is 36.2 Å². The quantitative estimate of drug-likeness (QED) is 0.658. The van der Waals surface area contributed by atoms with Gasteiger partial charge in [-0.15, -0.1) is 0 Å². The van der Waals surface area contributed by atoms with Gasteiger partial charge in [0.2, 0.25) is 0 Å². The standard InChI is InChI=1S/C23H28N4O/c1-17-22(16-27(5)24-17)18-10-12-19(13-11-18)23(28)26(4)15-21-9-7-6-8-20(21)14-25(2)3/h6-13,16H,14-15H2,1-5H3. The number of carbonyl (C=O) groups excluding carboxylic acids is 1. The van der Waals surface area contributed by atoms with Crippen LogP contribution >= 0.6 is 0 Å². The van der Waals surface area contributed by atoms with Gasteiger partial charge in [0.1, 0.15) is 0 Å². The average Bonchev–Trinajstić information content (AvgIpc) is 3.00. The summed E-state index contributed by atoms with van der Waals surface area (Å²) in [6.45, 7) is 3.44. The molecule has 1 amide bonds. The molecule has 3 aromatic rings. The third-order valence-corrected chi connectivity index (χ3v) is 4.82. The number of amides is 1. The number of hydrogen-bond acceptors (Lipinski definition) is 3. The van der Waals surface area contributed by atoms with E-state index in [0.717, 1.165) is 23.4 Å². The van der Waals surface area contributed by atoms with E-state index in [-0.39, 0.29) is 5.91 Å². The Morgan fingerprint density at radius 1 is 0.964 bits per heavy atom. The summed E-state index contributed by atoms with van der Waals surface area (Å²) in [6, 6.07) is 16.1. The molecular formula is C23H28N4O. The van der Waals surface area contributed by atoms with Crippen LogP contribution in [0.4, 0.5) is 0 Å². The highest BCUT2D eigenvalue weighted by Crippen LogP contribution is 2.23. The molecule has 1 heterocycles. The van der Waals surface area contributed by atoms with Crippen molar-refractivity contribution in [1.29, 1.82) is 0 Å². The number of carbonyl (C=O) groups is 1. The van der Waals surface area contributed by atoms with Crippen molar-refractivity contribution in [3.63, 3.8) is 0 Å². The van der Waals surface area contributed by atoms with E-state index in [4.69, 9.17) is 0 Å². The zero-order valence-corrected chi connectivity index (χ0v) is 17.3. The van der Waals surface area contributed by atoms with Crippen molar-refractivity contribution in [2.24, 2.45) is 7.05 Å². The lowest BCUT2D eigenvalue weighted by Crippen LogP contribution is -2.27. The van der Waals surface area contributed by atoms with Gasteiger partial charge in [0.05, 0.1) is 5.69 Å². The zero-order chi connectivity index (χ0) is 20.3. The van der Waals surface area contributed by atoms with Crippen molar-refractivity contribution in [2.75, 3.05) is 21.1 Å². The fourth-order valence-electron chi connectivity index (χ4n) is 3.43. The number of aromatic nitrogens is 2. The van der Waals surface area contributed by atoms with Gasteiger partial charge >= 0.3 is 0 Å². The van der Waals surface area contributed by atoms with Crippen LogP contribution in [0.5, 0.6) is 0 Å².